The van der Waals surface area contributed by atoms with E-state index in [0.29, 0.717) is 12.5 Å². The maximum absolute atomic E-state index is 11.7. The summed E-state index contributed by atoms with van der Waals surface area (Å²) in [5.41, 5.74) is 4.29. The molecule has 1 atom stereocenters. The average Bonchev–Trinajstić information content (AvgIpc) is 2.50. The molecule has 0 radical (unpaired) electrons. The van der Waals surface area contributed by atoms with Crippen molar-refractivity contribution >= 4 is 5.91 Å². The van der Waals surface area contributed by atoms with Crippen molar-refractivity contribution in [2.75, 3.05) is 13.1 Å². The number of hydrogen-bond donors (Lipinski definition) is 2. The molecule has 2 rings (SSSR count). The van der Waals surface area contributed by atoms with Gasteiger partial charge in [-0.25, -0.2) is 0 Å². The standard InChI is InChI=1S/C18H28N2O/c1-13(2)11-20-18(21)12-19-14(3)16-9-8-15-6-4-5-7-17(15)10-16/h8-10,13-14,19H,4-7,11-12H2,1-3H3,(H,20,21)/t14-/m0/s1. The number of benzene rings is 1. The Labute approximate surface area is 128 Å². The molecular formula is C18H28N2O. The van der Waals surface area contributed by atoms with Crippen LogP contribution in [-0.2, 0) is 17.6 Å². The molecule has 1 aliphatic rings. The fourth-order valence-electron chi connectivity index (χ4n) is 2.77. The summed E-state index contributed by atoms with van der Waals surface area (Å²) >= 11 is 0. The Balaban J connectivity index is 1.85. The van der Waals surface area contributed by atoms with Gasteiger partial charge in [-0.2, -0.15) is 0 Å². The molecule has 1 aromatic rings. The summed E-state index contributed by atoms with van der Waals surface area (Å²) in [4.78, 5) is 11.7. The second kappa shape index (κ2) is 7.60. The van der Waals surface area contributed by atoms with Gasteiger partial charge in [0.25, 0.3) is 0 Å². The summed E-state index contributed by atoms with van der Waals surface area (Å²) in [6.45, 7) is 7.45. The molecule has 0 bridgehead atoms. The van der Waals surface area contributed by atoms with Crippen LogP contribution in [0.1, 0.15) is 56.3 Å². The number of aryl methyl sites for hydroxylation is 2. The van der Waals surface area contributed by atoms with Crippen LogP contribution in [0.2, 0.25) is 0 Å². The maximum Gasteiger partial charge on any atom is 0.233 e. The zero-order chi connectivity index (χ0) is 15.2. The molecule has 21 heavy (non-hydrogen) atoms. The van der Waals surface area contributed by atoms with E-state index in [9.17, 15) is 4.79 Å². The molecule has 1 aliphatic carbocycles. The minimum atomic E-state index is 0.0773. The first-order valence-corrected chi connectivity index (χ1v) is 8.18. The predicted molar refractivity (Wildman–Crippen MR) is 87.3 cm³/mol. The number of nitrogens with one attached hydrogen (secondary N) is 2. The van der Waals surface area contributed by atoms with Crippen molar-refractivity contribution in [1.29, 1.82) is 0 Å². The number of fused-ring (bicyclic) bond motifs is 1. The molecule has 0 spiro atoms. The smallest absolute Gasteiger partial charge is 0.233 e. The van der Waals surface area contributed by atoms with Crippen LogP contribution in [0.3, 0.4) is 0 Å². The van der Waals surface area contributed by atoms with Crippen LogP contribution in [0.4, 0.5) is 0 Å². The first-order chi connectivity index (χ1) is 10.1. The average molecular weight is 288 g/mol. The summed E-state index contributed by atoms with van der Waals surface area (Å²) in [5, 5.41) is 6.25. The molecule has 0 unspecified atom stereocenters. The van der Waals surface area contributed by atoms with Crippen LogP contribution in [0.15, 0.2) is 18.2 Å². The second-order valence-corrected chi connectivity index (χ2v) is 6.54. The van der Waals surface area contributed by atoms with Crippen molar-refractivity contribution in [3.8, 4) is 0 Å². The van der Waals surface area contributed by atoms with Gasteiger partial charge in [0.2, 0.25) is 5.91 Å². The molecule has 0 fully saturated rings. The summed E-state index contributed by atoms with van der Waals surface area (Å²) < 4.78 is 0. The van der Waals surface area contributed by atoms with Gasteiger partial charge in [-0.05, 0) is 55.2 Å². The van der Waals surface area contributed by atoms with Crippen LogP contribution >= 0.6 is 0 Å². The lowest BCUT2D eigenvalue weighted by Crippen LogP contribution is -2.36. The maximum atomic E-state index is 11.7. The van der Waals surface area contributed by atoms with Crippen molar-refractivity contribution in [2.24, 2.45) is 5.92 Å². The molecule has 0 aliphatic heterocycles. The van der Waals surface area contributed by atoms with E-state index in [1.807, 2.05) is 0 Å². The predicted octanol–water partition coefficient (Wildman–Crippen LogP) is 2.99. The summed E-state index contributed by atoms with van der Waals surface area (Å²) in [7, 11) is 0. The van der Waals surface area contributed by atoms with Crippen LogP contribution in [0.5, 0.6) is 0 Å². The van der Waals surface area contributed by atoms with Gasteiger partial charge in [0.1, 0.15) is 0 Å². The van der Waals surface area contributed by atoms with E-state index in [1.165, 1.54) is 42.4 Å². The Kier molecular flexibility index (Phi) is 5.80. The highest BCUT2D eigenvalue weighted by Crippen LogP contribution is 2.24. The molecule has 0 saturated heterocycles. The van der Waals surface area contributed by atoms with Gasteiger partial charge in [0, 0.05) is 12.6 Å². The molecule has 116 valence electrons. The molecule has 0 heterocycles. The third kappa shape index (κ3) is 4.85. The number of carbonyl (C=O) groups is 1. The van der Waals surface area contributed by atoms with Crippen molar-refractivity contribution in [1.82, 2.24) is 10.6 Å². The first-order valence-electron chi connectivity index (χ1n) is 8.18. The third-order valence-electron chi connectivity index (χ3n) is 4.15. The van der Waals surface area contributed by atoms with Crippen LogP contribution in [0.25, 0.3) is 0 Å². The van der Waals surface area contributed by atoms with E-state index < -0.39 is 0 Å². The molecule has 1 amide bonds. The zero-order valence-electron chi connectivity index (χ0n) is 13.5. The van der Waals surface area contributed by atoms with Crippen LogP contribution < -0.4 is 10.6 Å². The van der Waals surface area contributed by atoms with Crippen LogP contribution in [-0.4, -0.2) is 19.0 Å². The van der Waals surface area contributed by atoms with E-state index in [0.717, 1.165) is 6.54 Å². The van der Waals surface area contributed by atoms with Gasteiger partial charge in [-0.1, -0.05) is 32.0 Å². The lowest BCUT2D eigenvalue weighted by molar-refractivity contribution is -0.120. The number of rotatable bonds is 6. The highest BCUT2D eigenvalue weighted by Gasteiger charge is 2.13. The minimum Gasteiger partial charge on any atom is -0.355 e. The van der Waals surface area contributed by atoms with Crippen LogP contribution in [0, 0.1) is 5.92 Å². The van der Waals surface area contributed by atoms with Gasteiger partial charge in [0.15, 0.2) is 0 Å². The highest BCUT2D eigenvalue weighted by atomic mass is 16.1. The van der Waals surface area contributed by atoms with Gasteiger partial charge in [-0.15, -0.1) is 0 Å². The number of hydrogen-bond acceptors (Lipinski definition) is 2. The fraction of sp³-hybridized carbons (Fsp3) is 0.611. The second-order valence-electron chi connectivity index (χ2n) is 6.54. The summed E-state index contributed by atoms with van der Waals surface area (Å²) in [6.07, 6.45) is 5.03. The Bertz CT molecular complexity index is 482. The Hall–Kier alpha value is -1.35. The van der Waals surface area contributed by atoms with Gasteiger partial charge >= 0.3 is 0 Å². The fourth-order valence-corrected chi connectivity index (χ4v) is 2.77. The number of carbonyl (C=O) groups excluding carboxylic acids is 1. The van der Waals surface area contributed by atoms with Crippen molar-refractivity contribution in [3.05, 3.63) is 34.9 Å². The normalized spacial score (nSPS) is 15.6. The first kappa shape index (κ1) is 16.0. The van der Waals surface area contributed by atoms with Gasteiger partial charge < -0.3 is 10.6 Å². The Morgan fingerprint density at radius 1 is 1.14 bits per heavy atom. The van der Waals surface area contributed by atoms with Crippen molar-refractivity contribution in [3.63, 3.8) is 0 Å². The lowest BCUT2D eigenvalue weighted by Gasteiger charge is -2.20. The molecule has 0 aromatic heterocycles. The van der Waals surface area contributed by atoms with Gasteiger partial charge in [-0.3, -0.25) is 4.79 Å². The summed E-state index contributed by atoms with van der Waals surface area (Å²) in [5.74, 6) is 0.570. The largest absolute Gasteiger partial charge is 0.355 e. The Morgan fingerprint density at radius 3 is 2.57 bits per heavy atom. The van der Waals surface area contributed by atoms with E-state index in [1.54, 1.807) is 0 Å². The van der Waals surface area contributed by atoms with E-state index >= 15 is 0 Å². The molecular weight excluding hydrogens is 260 g/mol. The van der Waals surface area contributed by atoms with E-state index in [4.69, 9.17) is 0 Å². The van der Waals surface area contributed by atoms with Crippen molar-refractivity contribution in [2.45, 2.75) is 52.5 Å². The van der Waals surface area contributed by atoms with Gasteiger partial charge in [0.05, 0.1) is 6.54 Å². The van der Waals surface area contributed by atoms with E-state index in [-0.39, 0.29) is 11.9 Å². The lowest BCUT2D eigenvalue weighted by atomic mass is 9.89. The monoisotopic (exact) mass is 288 g/mol. The minimum absolute atomic E-state index is 0.0773. The molecule has 0 saturated carbocycles. The molecule has 1 aromatic carbocycles. The summed E-state index contributed by atoms with van der Waals surface area (Å²) in [6, 6.07) is 6.99. The zero-order valence-corrected chi connectivity index (χ0v) is 13.5. The third-order valence-corrected chi connectivity index (χ3v) is 4.15. The van der Waals surface area contributed by atoms with E-state index in [2.05, 4.69) is 49.6 Å². The highest BCUT2D eigenvalue weighted by molar-refractivity contribution is 5.78. The Morgan fingerprint density at radius 2 is 1.86 bits per heavy atom. The quantitative estimate of drug-likeness (QED) is 0.845. The molecule has 3 heteroatoms. The number of amides is 1. The molecule has 3 nitrogen and oxygen atoms in total. The SMILES string of the molecule is CC(C)CNC(=O)CN[C@@H](C)c1ccc2c(c1)CCCC2. The topological polar surface area (TPSA) is 41.1 Å². The molecule has 2 N–H and O–H groups in total. The van der Waals surface area contributed by atoms with Crippen molar-refractivity contribution < 1.29 is 4.79 Å².